The summed E-state index contributed by atoms with van der Waals surface area (Å²) in [5.74, 6) is 0.104. The molecule has 0 bridgehead atoms. The van der Waals surface area contributed by atoms with Crippen molar-refractivity contribution in [2.45, 2.75) is 36.5 Å². The number of anilines is 1. The third kappa shape index (κ3) is 3.96. The van der Waals surface area contributed by atoms with Gasteiger partial charge in [-0.15, -0.1) is 0 Å². The summed E-state index contributed by atoms with van der Waals surface area (Å²) < 4.78 is 5.11. The van der Waals surface area contributed by atoms with Crippen molar-refractivity contribution in [1.82, 2.24) is 4.98 Å². The number of hydrogen-bond donors (Lipinski definition) is 0. The third-order valence-corrected chi connectivity index (χ3v) is 5.42. The van der Waals surface area contributed by atoms with Crippen molar-refractivity contribution in [3.63, 3.8) is 0 Å². The SMILES string of the molecule is CCCc1ccc(C#N)c(S[C@H]2CC(=O)N(c3ccc(OC)cc3)C2=O)n1. The average Bonchev–Trinajstić information content (AvgIpc) is 2.96. The van der Waals surface area contributed by atoms with Crippen LogP contribution >= 0.6 is 11.8 Å². The molecule has 0 radical (unpaired) electrons. The Morgan fingerprint density at radius 2 is 2.00 bits per heavy atom. The molecule has 0 unspecified atom stereocenters. The molecule has 0 saturated carbocycles. The Morgan fingerprint density at radius 1 is 1.26 bits per heavy atom. The van der Waals surface area contributed by atoms with Gasteiger partial charge in [0.2, 0.25) is 11.8 Å². The van der Waals surface area contributed by atoms with E-state index in [0.717, 1.165) is 18.5 Å². The number of nitrogens with zero attached hydrogens (tertiary/aromatic N) is 3. The monoisotopic (exact) mass is 381 g/mol. The van der Waals surface area contributed by atoms with Gasteiger partial charge in [0.15, 0.2) is 0 Å². The van der Waals surface area contributed by atoms with Crippen molar-refractivity contribution in [2.75, 3.05) is 12.0 Å². The van der Waals surface area contributed by atoms with Crippen LogP contribution in [0.25, 0.3) is 0 Å². The van der Waals surface area contributed by atoms with Crippen molar-refractivity contribution in [1.29, 1.82) is 5.26 Å². The molecule has 0 aliphatic carbocycles. The van der Waals surface area contributed by atoms with Gasteiger partial charge in [-0.25, -0.2) is 9.88 Å². The van der Waals surface area contributed by atoms with E-state index in [1.165, 1.54) is 16.7 Å². The minimum atomic E-state index is -0.587. The Hall–Kier alpha value is -2.85. The fourth-order valence-corrected chi connectivity index (χ4v) is 3.99. The van der Waals surface area contributed by atoms with Crippen molar-refractivity contribution in [2.24, 2.45) is 0 Å². The zero-order chi connectivity index (χ0) is 19.4. The number of thioether (sulfide) groups is 1. The molecule has 1 aromatic carbocycles. The summed E-state index contributed by atoms with van der Waals surface area (Å²) in [7, 11) is 1.56. The van der Waals surface area contributed by atoms with Crippen LogP contribution in [0.1, 0.15) is 31.0 Å². The molecule has 2 aromatic rings. The minimum Gasteiger partial charge on any atom is -0.497 e. The van der Waals surface area contributed by atoms with Gasteiger partial charge in [-0.05, 0) is 42.8 Å². The standard InChI is InChI=1S/C20H19N3O3S/c1-3-4-14-6-5-13(12-21)19(22-14)27-17-11-18(24)23(20(17)25)15-7-9-16(26-2)10-8-15/h5-10,17H,3-4,11H2,1-2H3/t17-/m0/s1. The van der Waals surface area contributed by atoms with E-state index >= 15 is 0 Å². The molecule has 1 aromatic heterocycles. The number of benzene rings is 1. The van der Waals surface area contributed by atoms with Crippen LogP contribution in [-0.4, -0.2) is 29.2 Å². The number of aromatic nitrogens is 1. The Bertz CT molecular complexity index is 906. The van der Waals surface area contributed by atoms with E-state index < -0.39 is 5.25 Å². The summed E-state index contributed by atoms with van der Waals surface area (Å²) in [5.41, 5.74) is 1.81. The zero-order valence-corrected chi connectivity index (χ0v) is 16.0. The van der Waals surface area contributed by atoms with Crippen LogP contribution in [0.5, 0.6) is 5.75 Å². The van der Waals surface area contributed by atoms with Crippen LogP contribution in [0.2, 0.25) is 0 Å². The minimum absolute atomic E-state index is 0.0834. The van der Waals surface area contributed by atoms with Gasteiger partial charge in [-0.1, -0.05) is 25.1 Å². The highest BCUT2D eigenvalue weighted by atomic mass is 32.2. The first-order valence-electron chi connectivity index (χ1n) is 8.65. The summed E-state index contributed by atoms with van der Waals surface area (Å²) in [6.07, 6.45) is 1.82. The lowest BCUT2D eigenvalue weighted by Gasteiger charge is -2.15. The summed E-state index contributed by atoms with van der Waals surface area (Å²) in [6, 6.07) is 12.5. The van der Waals surface area contributed by atoms with Crippen LogP contribution < -0.4 is 9.64 Å². The second-order valence-electron chi connectivity index (χ2n) is 6.09. The second-order valence-corrected chi connectivity index (χ2v) is 7.28. The lowest BCUT2D eigenvalue weighted by molar-refractivity contribution is -0.121. The summed E-state index contributed by atoms with van der Waals surface area (Å²) in [6.45, 7) is 2.05. The number of ether oxygens (including phenoxy) is 1. The van der Waals surface area contributed by atoms with E-state index in [4.69, 9.17) is 4.74 Å². The maximum atomic E-state index is 12.8. The van der Waals surface area contributed by atoms with Gasteiger partial charge in [0.25, 0.3) is 0 Å². The van der Waals surface area contributed by atoms with Gasteiger partial charge >= 0.3 is 0 Å². The quantitative estimate of drug-likeness (QED) is 0.714. The number of carbonyl (C=O) groups is 2. The van der Waals surface area contributed by atoms with E-state index in [0.29, 0.717) is 22.0 Å². The van der Waals surface area contributed by atoms with Crippen LogP contribution in [0.15, 0.2) is 41.4 Å². The molecule has 2 amide bonds. The number of imide groups is 1. The highest BCUT2D eigenvalue weighted by molar-refractivity contribution is 8.00. The molecule has 2 heterocycles. The molecule has 138 valence electrons. The molecule has 7 heteroatoms. The molecule has 1 atom stereocenters. The molecule has 27 heavy (non-hydrogen) atoms. The first-order valence-corrected chi connectivity index (χ1v) is 9.52. The molecule has 1 aliphatic heterocycles. The van der Waals surface area contributed by atoms with Gasteiger partial charge in [-0.2, -0.15) is 5.26 Å². The third-order valence-electron chi connectivity index (χ3n) is 4.23. The Labute approximate surface area is 162 Å². The molecule has 0 spiro atoms. The summed E-state index contributed by atoms with van der Waals surface area (Å²) >= 11 is 1.19. The maximum Gasteiger partial charge on any atom is 0.247 e. The lowest BCUT2D eigenvalue weighted by Crippen LogP contribution is -2.31. The van der Waals surface area contributed by atoms with Crippen molar-refractivity contribution in [3.05, 3.63) is 47.7 Å². The number of nitriles is 1. The predicted molar refractivity (Wildman–Crippen MR) is 103 cm³/mol. The summed E-state index contributed by atoms with van der Waals surface area (Å²) in [5, 5.41) is 9.25. The van der Waals surface area contributed by atoms with E-state index in [-0.39, 0.29) is 18.2 Å². The van der Waals surface area contributed by atoms with Crippen molar-refractivity contribution >= 4 is 29.3 Å². The topological polar surface area (TPSA) is 83.3 Å². The fraction of sp³-hybridized carbons (Fsp3) is 0.300. The highest BCUT2D eigenvalue weighted by Gasteiger charge is 2.40. The molecule has 3 rings (SSSR count). The average molecular weight is 381 g/mol. The van der Waals surface area contributed by atoms with Gasteiger partial charge < -0.3 is 4.74 Å². The van der Waals surface area contributed by atoms with E-state index in [2.05, 4.69) is 18.0 Å². The predicted octanol–water partition coefficient (Wildman–Crippen LogP) is 3.34. The van der Waals surface area contributed by atoms with E-state index in [9.17, 15) is 14.9 Å². The number of hydrogen-bond acceptors (Lipinski definition) is 6. The zero-order valence-electron chi connectivity index (χ0n) is 15.1. The summed E-state index contributed by atoms with van der Waals surface area (Å²) in [4.78, 5) is 31.0. The lowest BCUT2D eigenvalue weighted by atomic mass is 10.2. The number of amides is 2. The van der Waals surface area contributed by atoms with Gasteiger partial charge in [0, 0.05) is 12.1 Å². The smallest absolute Gasteiger partial charge is 0.247 e. The molecule has 0 N–H and O–H groups in total. The maximum absolute atomic E-state index is 12.8. The van der Waals surface area contributed by atoms with Crippen LogP contribution in [0, 0.1) is 11.3 Å². The van der Waals surface area contributed by atoms with Crippen LogP contribution in [0.4, 0.5) is 5.69 Å². The molecule has 1 fully saturated rings. The van der Waals surface area contributed by atoms with Gasteiger partial charge in [0.1, 0.15) is 16.8 Å². The normalized spacial score (nSPS) is 16.5. The van der Waals surface area contributed by atoms with E-state index in [1.54, 1.807) is 37.4 Å². The highest BCUT2D eigenvalue weighted by Crippen LogP contribution is 2.35. The second kappa shape index (κ2) is 8.23. The molecular weight excluding hydrogens is 362 g/mol. The van der Waals surface area contributed by atoms with Crippen molar-refractivity contribution in [3.8, 4) is 11.8 Å². The number of methoxy groups -OCH3 is 1. The fourth-order valence-electron chi connectivity index (χ4n) is 2.88. The first kappa shape index (κ1) is 18.9. The van der Waals surface area contributed by atoms with Crippen LogP contribution in [-0.2, 0) is 16.0 Å². The van der Waals surface area contributed by atoms with Gasteiger partial charge in [-0.3, -0.25) is 9.59 Å². The Morgan fingerprint density at radius 3 is 2.63 bits per heavy atom. The number of aryl methyl sites for hydroxylation is 1. The molecule has 6 nitrogen and oxygen atoms in total. The Balaban J connectivity index is 1.83. The van der Waals surface area contributed by atoms with E-state index in [1.807, 2.05) is 6.07 Å². The first-order chi connectivity index (χ1) is 13.1. The molecule has 1 saturated heterocycles. The van der Waals surface area contributed by atoms with Gasteiger partial charge in [0.05, 0.1) is 23.6 Å². The van der Waals surface area contributed by atoms with Crippen molar-refractivity contribution < 1.29 is 14.3 Å². The van der Waals surface area contributed by atoms with Crippen LogP contribution in [0.3, 0.4) is 0 Å². The Kier molecular flexibility index (Phi) is 5.77. The number of carbonyl (C=O) groups excluding carboxylic acids is 2. The number of rotatable bonds is 6. The molecule has 1 aliphatic rings. The number of pyridine rings is 1. The largest absolute Gasteiger partial charge is 0.497 e. The molecular formula is C20H19N3O3S.